The summed E-state index contributed by atoms with van der Waals surface area (Å²) in [5.74, 6) is -1.11. The summed E-state index contributed by atoms with van der Waals surface area (Å²) in [6.45, 7) is 3.34. The second kappa shape index (κ2) is 16.2. The number of alkyl halides is 6. The number of aromatic hydroxyl groups is 1. The minimum Gasteiger partial charge on any atom is -0.506 e. The molecule has 0 bridgehead atoms. The summed E-state index contributed by atoms with van der Waals surface area (Å²) in [7, 11) is 3.30. The molecule has 45 heavy (non-hydrogen) atoms. The van der Waals surface area contributed by atoms with Gasteiger partial charge in [0.1, 0.15) is 5.75 Å². The van der Waals surface area contributed by atoms with Crippen molar-refractivity contribution in [3.05, 3.63) is 63.7 Å². The highest BCUT2D eigenvalue weighted by molar-refractivity contribution is 6.32. The van der Waals surface area contributed by atoms with Crippen LogP contribution in [0.15, 0.2) is 36.4 Å². The van der Waals surface area contributed by atoms with Gasteiger partial charge in [-0.3, -0.25) is 14.6 Å². The summed E-state index contributed by atoms with van der Waals surface area (Å²) in [5, 5.41) is 10.2. The number of carbonyl (C=O) groups excluding carboxylic acids is 1. The number of nitrogens with zero attached hydrogens (tertiary/aromatic N) is 3. The number of methoxy groups -OCH3 is 2. The number of hydrogen-bond donors (Lipinski definition) is 1. The Hall–Kier alpha value is -2.00. The van der Waals surface area contributed by atoms with Gasteiger partial charge in [-0.15, -0.1) is 24.8 Å². The fraction of sp³-hybridized carbons (Fsp3) is 0.552. The van der Waals surface area contributed by atoms with E-state index in [4.69, 9.17) is 21.1 Å². The highest BCUT2D eigenvalue weighted by Crippen LogP contribution is 2.37. The first-order valence-electron chi connectivity index (χ1n) is 13.8. The summed E-state index contributed by atoms with van der Waals surface area (Å²) < 4.78 is 91.9. The molecule has 1 amide bonds. The zero-order chi connectivity index (χ0) is 31.5. The number of piperazine rings is 1. The van der Waals surface area contributed by atoms with E-state index in [1.54, 1.807) is 20.3 Å². The predicted octanol–water partition coefficient (Wildman–Crippen LogP) is 6.03. The van der Waals surface area contributed by atoms with Crippen molar-refractivity contribution < 1.29 is 45.7 Å². The average molecular weight is 711 g/mol. The second-order valence-electron chi connectivity index (χ2n) is 10.9. The van der Waals surface area contributed by atoms with Gasteiger partial charge in [0.05, 0.1) is 28.9 Å². The Labute approximate surface area is 275 Å². The van der Waals surface area contributed by atoms with E-state index in [-0.39, 0.29) is 66.8 Å². The van der Waals surface area contributed by atoms with E-state index in [2.05, 4.69) is 9.80 Å². The van der Waals surface area contributed by atoms with Gasteiger partial charge < -0.3 is 19.5 Å². The van der Waals surface area contributed by atoms with E-state index < -0.39 is 41.0 Å². The molecule has 0 aliphatic carbocycles. The SMILES string of the molecule is COC[C@H]1C[C@@H](OC)CN1CCN1CCN(C(=O)c2cc(C(F)(F)F)cc(C(F)(F)F)c2)[C@H](Cc2ccc(Cl)c(O)c2)C1.Cl.Cl. The van der Waals surface area contributed by atoms with Crippen LogP contribution in [0.5, 0.6) is 5.75 Å². The molecule has 2 saturated heterocycles. The molecule has 0 radical (unpaired) electrons. The molecule has 2 fully saturated rings. The zero-order valence-electron chi connectivity index (χ0n) is 24.5. The Kier molecular flexibility index (Phi) is 14.1. The van der Waals surface area contributed by atoms with Crippen LogP contribution in [-0.4, -0.2) is 104 Å². The molecule has 2 aliphatic heterocycles. The molecule has 1 N–H and O–H groups in total. The number of hydrogen-bond acceptors (Lipinski definition) is 6. The molecule has 0 spiro atoms. The van der Waals surface area contributed by atoms with E-state index in [0.717, 1.165) is 13.0 Å². The van der Waals surface area contributed by atoms with E-state index in [1.807, 2.05) is 0 Å². The Balaban J connectivity index is 0.00000353. The maximum atomic E-state index is 13.6. The average Bonchev–Trinajstić information content (AvgIpc) is 3.34. The minimum atomic E-state index is -5.08. The second-order valence-corrected chi connectivity index (χ2v) is 11.3. The van der Waals surface area contributed by atoms with Crippen molar-refractivity contribution in [3.8, 4) is 5.75 Å². The monoisotopic (exact) mass is 709 g/mol. The number of benzene rings is 2. The number of likely N-dealkylation sites (tertiary alicyclic amines) is 1. The number of rotatable bonds is 9. The minimum absolute atomic E-state index is 0. The maximum Gasteiger partial charge on any atom is 0.416 e. The van der Waals surface area contributed by atoms with Crippen molar-refractivity contribution in [2.75, 3.05) is 60.1 Å². The van der Waals surface area contributed by atoms with Crippen LogP contribution in [0.2, 0.25) is 5.02 Å². The number of halogens is 9. The highest BCUT2D eigenvalue weighted by Gasteiger charge is 2.39. The van der Waals surface area contributed by atoms with E-state index >= 15 is 0 Å². The van der Waals surface area contributed by atoms with Crippen LogP contribution in [0, 0.1) is 0 Å². The maximum absolute atomic E-state index is 13.6. The number of phenols is 1. The van der Waals surface area contributed by atoms with Crippen LogP contribution in [0.1, 0.15) is 33.5 Å². The lowest BCUT2D eigenvalue weighted by Crippen LogP contribution is -2.57. The van der Waals surface area contributed by atoms with Gasteiger partial charge >= 0.3 is 12.4 Å². The Morgan fingerprint density at radius 3 is 2.13 bits per heavy atom. The molecule has 0 unspecified atom stereocenters. The van der Waals surface area contributed by atoms with Crippen LogP contribution in [-0.2, 0) is 28.2 Å². The van der Waals surface area contributed by atoms with Gasteiger partial charge in [-0.1, -0.05) is 17.7 Å². The van der Waals surface area contributed by atoms with Gasteiger partial charge in [-0.25, -0.2) is 0 Å². The third-order valence-electron chi connectivity index (χ3n) is 8.03. The van der Waals surface area contributed by atoms with E-state index in [1.165, 1.54) is 17.0 Å². The molecular formula is C29H36Cl3F6N3O4. The molecule has 4 rings (SSSR count). The largest absolute Gasteiger partial charge is 0.506 e. The third kappa shape index (κ3) is 9.99. The van der Waals surface area contributed by atoms with Gasteiger partial charge in [0.2, 0.25) is 0 Å². The molecular weight excluding hydrogens is 675 g/mol. The van der Waals surface area contributed by atoms with Crippen molar-refractivity contribution in [3.63, 3.8) is 0 Å². The van der Waals surface area contributed by atoms with Crippen molar-refractivity contribution in [1.82, 2.24) is 14.7 Å². The molecule has 16 heteroatoms. The predicted molar refractivity (Wildman–Crippen MR) is 162 cm³/mol. The number of amides is 1. The van der Waals surface area contributed by atoms with Gasteiger partial charge in [0, 0.05) is 71.1 Å². The van der Waals surface area contributed by atoms with Gasteiger partial charge in [-0.2, -0.15) is 26.3 Å². The first-order valence-corrected chi connectivity index (χ1v) is 14.1. The summed E-state index contributed by atoms with van der Waals surface area (Å²) in [5.41, 5.74) is -3.18. The lowest BCUT2D eigenvalue weighted by atomic mass is 9.99. The molecule has 3 atom stereocenters. The van der Waals surface area contributed by atoms with Gasteiger partial charge in [-0.05, 0) is 48.7 Å². The van der Waals surface area contributed by atoms with Crippen LogP contribution in [0.25, 0.3) is 0 Å². The summed E-state index contributed by atoms with van der Waals surface area (Å²) in [6, 6.07) is 5.07. The quantitative estimate of drug-likeness (QED) is 0.321. The van der Waals surface area contributed by atoms with Crippen LogP contribution < -0.4 is 0 Å². The highest BCUT2D eigenvalue weighted by atomic mass is 35.5. The number of phenolic OH excluding ortho intramolecular Hbond substituents is 1. The fourth-order valence-corrected chi connectivity index (χ4v) is 5.90. The Bertz CT molecular complexity index is 1250. The Morgan fingerprint density at radius 2 is 1.58 bits per heavy atom. The fourth-order valence-electron chi connectivity index (χ4n) is 5.78. The molecule has 2 aliphatic rings. The standard InChI is InChI=1S/C29H34ClF6N3O4.2ClH/c1-42-17-23-14-24(43-2)16-38(23)7-5-37-6-8-39(22(15-37)9-18-3-4-25(30)26(40)10-18)27(41)19-11-20(28(31,32)33)13-21(12-19)29(34,35)36;;/h3-4,10-13,22-24,40H,5-9,14-17H2,1-2H3;2*1H/t22-,23-,24-;;/m1../s1. The smallest absolute Gasteiger partial charge is 0.416 e. The van der Waals surface area contributed by atoms with Crippen molar-refractivity contribution >= 4 is 42.3 Å². The van der Waals surface area contributed by atoms with Gasteiger partial charge in [0.25, 0.3) is 5.91 Å². The molecule has 2 aromatic carbocycles. The van der Waals surface area contributed by atoms with Crippen LogP contribution in [0.4, 0.5) is 26.3 Å². The Morgan fingerprint density at radius 1 is 0.933 bits per heavy atom. The van der Waals surface area contributed by atoms with Crippen LogP contribution >= 0.6 is 36.4 Å². The first kappa shape index (κ1) is 39.2. The topological polar surface area (TPSA) is 65.5 Å². The third-order valence-corrected chi connectivity index (χ3v) is 8.35. The molecule has 2 aromatic rings. The van der Waals surface area contributed by atoms with Crippen molar-refractivity contribution in [1.29, 1.82) is 0 Å². The molecule has 0 saturated carbocycles. The van der Waals surface area contributed by atoms with Gasteiger partial charge in [0.15, 0.2) is 0 Å². The number of carbonyl (C=O) groups is 1. The lowest BCUT2D eigenvalue weighted by Gasteiger charge is -2.42. The van der Waals surface area contributed by atoms with Crippen molar-refractivity contribution in [2.24, 2.45) is 0 Å². The van der Waals surface area contributed by atoms with E-state index in [9.17, 15) is 36.2 Å². The van der Waals surface area contributed by atoms with Crippen LogP contribution in [0.3, 0.4) is 0 Å². The molecule has 7 nitrogen and oxygen atoms in total. The zero-order valence-corrected chi connectivity index (χ0v) is 26.9. The summed E-state index contributed by atoms with van der Waals surface area (Å²) >= 11 is 5.94. The van der Waals surface area contributed by atoms with E-state index in [0.29, 0.717) is 50.5 Å². The molecule has 0 aromatic heterocycles. The number of ether oxygens (including phenoxy) is 2. The lowest BCUT2D eigenvalue weighted by molar-refractivity contribution is -0.143. The molecule has 2 heterocycles. The van der Waals surface area contributed by atoms with Crippen molar-refractivity contribution in [2.45, 2.75) is 43.4 Å². The summed E-state index contributed by atoms with van der Waals surface area (Å²) in [4.78, 5) is 19.3. The first-order chi connectivity index (χ1) is 20.2. The summed E-state index contributed by atoms with van der Waals surface area (Å²) in [6.07, 6.45) is -9.05. The normalized spacial score (nSPS) is 21.4. The molecule has 254 valence electrons.